The van der Waals surface area contributed by atoms with Crippen molar-refractivity contribution in [3.63, 3.8) is 0 Å². The normalized spacial score (nSPS) is 15.3. The number of Topliss-reactive ketones (excluding diaryl/α,β-unsaturated/α-hetero) is 1. The van der Waals surface area contributed by atoms with Crippen molar-refractivity contribution in [2.45, 2.75) is 10.0 Å². The fraction of sp³-hybridized carbons (Fsp3) is 0.300. The van der Waals surface area contributed by atoms with Gasteiger partial charge in [-0.25, -0.2) is 12.8 Å². The predicted octanol–water partition coefficient (Wildman–Crippen LogP) is 2.73. The molecule has 1 aromatic carbocycles. The Hall–Kier alpha value is -0.460. The van der Waals surface area contributed by atoms with Crippen molar-refractivity contribution in [1.82, 2.24) is 0 Å². The van der Waals surface area contributed by atoms with Crippen LogP contribution in [0.3, 0.4) is 0 Å². The lowest BCUT2D eigenvalue weighted by Gasteiger charge is -2.18. The lowest BCUT2D eigenvalue weighted by molar-refractivity contribution is 0.0999. The van der Waals surface area contributed by atoms with E-state index in [1.807, 2.05) is 0 Å². The van der Waals surface area contributed by atoms with Crippen molar-refractivity contribution in [2.75, 3.05) is 5.75 Å². The van der Waals surface area contributed by atoms with Crippen molar-refractivity contribution in [3.8, 4) is 0 Å². The van der Waals surface area contributed by atoms with E-state index < -0.39 is 24.6 Å². The molecule has 0 saturated carbocycles. The van der Waals surface area contributed by atoms with Gasteiger partial charge in [0.25, 0.3) is 3.12 Å². The first-order valence-electron chi connectivity index (χ1n) is 4.63. The van der Waals surface area contributed by atoms with Gasteiger partial charge in [-0.3, -0.25) is 4.79 Å². The molecule has 0 spiro atoms. The van der Waals surface area contributed by atoms with Crippen LogP contribution >= 0.6 is 27.5 Å². The highest BCUT2D eigenvalue weighted by Gasteiger charge is 2.45. The van der Waals surface area contributed by atoms with Gasteiger partial charge in [0.05, 0.1) is 5.75 Å². The molecule has 0 aliphatic heterocycles. The Labute approximate surface area is 112 Å². The monoisotopic (exact) mass is 342 g/mol. The largest absolute Gasteiger partial charge is 0.290 e. The molecule has 0 radical (unpaired) electrons. The molecule has 7 heteroatoms. The van der Waals surface area contributed by atoms with E-state index >= 15 is 0 Å². The molecule has 0 aliphatic carbocycles. The second-order valence-corrected chi connectivity index (χ2v) is 8.64. The van der Waals surface area contributed by atoms with E-state index in [1.54, 1.807) is 0 Å². The molecule has 94 valence electrons. The maximum absolute atomic E-state index is 12.9. The summed E-state index contributed by atoms with van der Waals surface area (Å²) in [6.07, 6.45) is 0. The Kier molecular flexibility index (Phi) is 4.33. The van der Waals surface area contributed by atoms with Crippen LogP contribution in [0.15, 0.2) is 24.3 Å². The summed E-state index contributed by atoms with van der Waals surface area (Å²) < 4.78 is 33.9. The smallest absolute Gasteiger partial charge is 0.261 e. The molecular weight excluding hydrogens is 335 g/mol. The number of sulfone groups is 1. The van der Waals surface area contributed by atoms with Gasteiger partial charge in [-0.2, -0.15) is 0 Å². The van der Waals surface area contributed by atoms with E-state index in [-0.39, 0.29) is 11.3 Å². The second-order valence-electron chi connectivity index (χ2n) is 3.26. The lowest BCUT2D eigenvalue weighted by Crippen LogP contribution is -2.36. The minimum atomic E-state index is -3.85. The van der Waals surface area contributed by atoms with E-state index in [4.69, 9.17) is 11.6 Å². The summed E-state index contributed by atoms with van der Waals surface area (Å²) in [5, 5.41) is 0. The van der Waals surface area contributed by atoms with Gasteiger partial charge < -0.3 is 0 Å². The number of hydrogen-bond acceptors (Lipinski definition) is 3. The maximum Gasteiger partial charge on any atom is 0.261 e. The van der Waals surface area contributed by atoms with Gasteiger partial charge in [-0.1, -0.05) is 30.7 Å². The molecule has 0 aromatic heterocycles. The van der Waals surface area contributed by atoms with Crippen molar-refractivity contribution < 1.29 is 17.6 Å². The van der Waals surface area contributed by atoms with Crippen LogP contribution < -0.4 is 0 Å². The Morgan fingerprint density at radius 1 is 1.53 bits per heavy atom. The van der Waals surface area contributed by atoms with Crippen LogP contribution in [0.4, 0.5) is 4.39 Å². The van der Waals surface area contributed by atoms with E-state index in [0.29, 0.717) is 0 Å². The number of benzene rings is 1. The van der Waals surface area contributed by atoms with Crippen molar-refractivity contribution >= 4 is 43.2 Å². The molecule has 1 atom stereocenters. The molecule has 1 aromatic rings. The summed E-state index contributed by atoms with van der Waals surface area (Å²) in [6.45, 7) is 1.37. The Morgan fingerprint density at radius 3 is 2.59 bits per heavy atom. The van der Waals surface area contributed by atoms with Gasteiger partial charge in [0.2, 0.25) is 5.78 Å². The molecule has 0 N–H and O–H groups in total. The van der Waals surface area contributed by atoms with E-state index in [1.165, 1.54) is 19.1 Å². The van der Waals surface area contributed by atoms with Gasteiger partial charge in [-0.05, 0) is 28.1 Å². The van der Waals surface area contributed by atoms with Gasteiger partial charge in [0.15, 0.2) is 9.84 Å². The quantitative estimate of drug-likeness (QED) is 0.624. The third-order valence-corrected chi connectivity index (χ3v) is 6.57. The minimum absolute atomic E-state index is 0.103. The van der Waals surface area contributed by atoms with Gasteiger partial charge in [0.1, 0.15) is 5.82 Å². The molecule has 17 heavy (non-hydrogen) atoms. The third kappa shape index (κ3) is 2.86. The van der Waals surface area contributed by atoms with E-state index in [9.17, 15) is 17.6 Å². The molecule has 1 rings (SSSR count). The molecule has 0 amide bonds. The van der Waals surface area contributed by atoms with Crippen molar-refractivity contribution in [1.29, 1.82) is 0 Å². The van der Waals surface area contributed by atoms with Gasteiger partial charge in [0, 0.05) is 5.56 Å². The zero-order valence-electron chi connectivity index (χ0n) is 8.78. The van der Waals surface area contributed by atoms with Crippen LogP contribution in [-0.4, -0.2) is 23.1 Å². The van der Waals surface area contributed by atoms with Crippen LogP contribution in [0, 0.1) is 5.82 Å². The highest BCUT2D eigenvalue weighted by atomic mass is 79.9. The first-order valence-corrected chi connectivity index (χ1v) is 7.45. The van der Waals surface area contributed by atoms with Crippen LogP contribution in [0.1, 0.15) is 17.3 Å². The summed E-state index contributed by atoms with van der Waals surface area (Å²) in [7, 11) is -3.85. The summed E-state index contributed by atoms with van der Waals surface area (Å²) in [4.78, 5) is 11.9. The summed E-state index contributed by atoms with van der Waals surface area (Å²) in [6, 6.07) is 4.69. The highest BCUT2D eigenvalue weighted by molar-refractivity contribution is 9.12. The summed E-state index contributed by atoms with van der Waals surface area (Å²) in [5.74, 6) is -1.84. The number of halogens is 3. The molecule has 0 bridgehead atoms. The molecule has 0 unspecified atom stereocenters. The average molecular weight is 344 g/mol. The van der Waals surface area contributed by atoms with Crippen molar-refractivity contribution in [3.05, 3.63) is 35.6 Å². The number of carbonyl (C=O) groups excluding carboxylic acids is 1. The van der Waals surface area contributed by atoms with E-state index in [2.05, 4.69) is 15.9 Å². The Balaban J connectivity index is 3.23. The predicted molar refractivity (Wildman–Crippen MR) is 67.7 cm³/mol. The Morgan fingerprint density at radius 2 is 2.12 bits per heavy atom. The van der Waals surface area contributed by atoms with E-state index in [0.717, 1.165) is 12.1 Å². The molecule has 0 aliphatic rings. The van der Waals surface area contributed by atoms with Crippen molar-refractivity contribution in [2.24, 2.45) is 0 Å². The standard InChI is InChI=1S/C10H9BrClFO3S/c1-2-17(15,16)10(11,12)9(14)7-4-3-5-8(13)6-7/h3-6H,2H2,1H3/t10-/m0/s1. The number of hydrogen-bond donors (Lipinski definition) is 0. The minimum Gasteiger partial charge on any atom is -0.290 e. The van der Waals surface area contributed by atoms with Crippen LogP contribution in [0.5, 0.6) is 0 Å². The second kappa shape index (κ2) is 5.04. The number of carbonyl (C=O) groups is 1. The number of rotatable bonds is 4. The summed E-state index contributed by atoms with van der Waals surface area (Å²) in [5.41, 5.74) is -0.103. The molecule has 0 heterocycles. The highest BCUT2D eigenvalue weighted by Crippen LogP contribution is 2.35. The number of alkyl halides is 2. The topological polar surface area (TPSA) is 51.2 Å². The SMILES string of the molecule is CCS(=O)(=O)[C@](Cl)(Br)C(=O)c1cccc(F)c1. The molecule has 0 fully saturated rings. The zero-order valence-corrected chi connectivity index (χ0v) is 11.9. The van der Waals surface area contributed by atoms with Gasteiger partial charge in [-0.15, -0.1) is 0 Å². The lowest BCUT2D eigenvalue weighted by atomic mass is 10.1. The maximum atomic E-state index is 12.9. The third-order valence-electron chi connectivity index (χ3n) is 2.12. The first kappa shape index (κ1) is 14.6. The molecule has 0 saturated heterocycles. The summed E-state index contributed by atoms with van der Waals surface area (Å²) >= 11 is 8.42. The van der Waals surface area contributed by atoms with Crippen LogP contribution in [-0.2, 0) is 9.84 Å². The van der Waals surface area contributed by atoms with Crippen LogP contribution in [0.2, 0.25) is 0 Å². The molecular formula is C10H9BrClFO3S. The van der Waals surface area contributed by atoms with Gasteiger partial charge >= 0.3 is 0 Å². The first-order chi connectivity index (χ1) is 7.72. The fourth-order valence-electron chi connectivity index (χ4n) is 1.12. The zero-order chi connectivity index (χ0) is 13.3. The number of ketones is 1. The molecule has 3 nitrogen and oxygen atoms in total. The van der Waals surface area contributed by atoms with Crippen LogP contribution in [0.25, 0.3) is 0 Å². The average Bonchev–Trinajstić information content (AvgIpc) is 2.27. The fourth-order valence-corrected chi connectivity index (χ4v) is 3.24. The Bertz CT molecular complexity index is 542.